The maximum Gasteiger partial charge on any atom is 0.187 e. The van der Waals surface area contributed by atoms with Crippen molar-refractivity contribution in [3.05, 3.63) is 78.1 Å². The molecule has 1 fully saturated rings. The number of fused-ring (bicyclic) bond motifs is 1. The van der Waals surface area contributed by atoms with Gasteiger partial charge in [-0.25, -0.2) is 0 Å². The molecule has 0 spiro atoms. The smallest absolute Gasteiger partial charge is 0.187 e. The minimum absolute atomic E-state index is 0.0330. The van der Waals surface area contributed by atoms with Gasteiger partial charge in [0.15, 0.2) is 5.78 Å². The van der Waals surface area contributed by atoms with Crippen molar-refractivity contribution in [1.82, 2.24) is 20.8 Å². The second-order valence-electron chi connectivity index (χ2n) is 7.75. The Morgan fingerprint density at radius 1 is 0.963 bits per heavy atom. The van der Waals surface area contributed by atoms with Gasteiger partial charge in [-0.1, -0.05) is 48.5 Å². The van der Waals surface area contributed by atoms with Gasteiger partial charge in [0.2, 0.25) is 0 Å². The topological polar surface area (TPSA) is 69.8 Å². The van der Waals surface area contributed by atoms with Crippen LogP contribution in [0.5, 0.6) is 0 Å². The van der Waals surface area contributed by atoms with Gasteiger partial charge in [-0.2, -0.15) is 5.10 Å². The molecule has 4 rings (SSSR count). The van der Waals surface area contributed by atoms with Crippen molar-refractivity contribution in [3.63, 3.8) is 0 Å². The summed E-state index contributed by atoms with van der Waals surface area (Å²) in [6.45, 7) is 8.25. The summed E-state index contributed by atoms with van der Waals surface area (Å²) < 4.78 is 0. The highest BCUT2D eigenvalue weighted by Crippen LogP contribution is 2.26. The molecule has 1 aromatic heterocycles. The Morgan fingerprint density at radius 3 is 2.26 bits per heavy atom. The maximum atomic E-state index is 12.2. The van der Waals surface area contributed by atoms with Gasteiger partial charge in [-0.15, -0.1) is 0 Å². The van der Waals surface area contributed by atoms with E-state index in [2.05, 4.69) is 48.5 Å². The second kappa shape index (κ2) is 7.37. The minimum Gasteiger partial charge on any atom is -0.369 e. The van der Waals surface area contributed by atoms with Crippen LogP contribution >= 0.6 is 0 Å². The normalized spacial score (nSPS) is 18.6. The fourth-order valence-corrected chi connectivity index (χ4v) is 3.29. The molecule has 3 aromatic rings. The molecule has 3 N–H and O–H groups in total. The van der Waals surface area contributed by atoms with E-state index in [1.54, 1.807) is 6.08 Å². The molecule has 5 nitrogen and oxygen atoms in total. The monoisotopic (exact) mass is 362 g/mol. The number of benzene rings is 2. The molecular weight excluding hydrogens is 336 g/mol. The van der Waals surface area contributed by atoms with Gasteiger partial charge >= 0.3 is 0 Å². The summed E-state index contributed by atoms with van der Waals surface area (Å²) in [7, 11) is 0. The quantitative estimate of drug-likeness (QED) is 0.476. The summed E-state index contributed by atoms with van der Waals surface area (Å²) in [5.74, 6) is 0.0330. The van der Waals surface area contributed by atoms with Crippen LogP contribution in [0.3, 0.4) is 0 Å². The molecule has 5 heteroatoms. The molecule has 0 atom stereocenters. The van der Waals surface area contributed by atoms with Gasteiger partial charge in [0.25, 0.3) is 0 Å². The van der Waals surface area contributed by atoms with Crippen molar-refractivity contribution < 1.29 is 4.79 Å². The standard InChI is InChI=1S/C15H20N2O.C7H6N2/c1-14(2)13(16-15(3,4)17-14)10-12(18)11-8-6-5-7-9-11;1-2-4-7-6(3-1)5-8-9-7/h5-10,16-17H,1-4H3;1-5H,(H,8,9). The molecule has 1 aliphatic heterocycles. The molecule has 0 bridgehead atoms. The molecule has 2 aromatic carbocycles. The highest BCUT2D eigenvalue weighted by Gasteiger charge is 2.39. The molecule has 0 radical (unpaired) electrons. The van der Waals surface area contributed by atoms with Crippen LogP contribution in [0.15, 0.2) is 72.6 Å². The average Bonchev–Trinajstić information content (AvgIpc) is 3.17. The van der Waals surface area contributed by atoms with E-state index in [0.29, 0.717) is 5.56 Å². The first-order chi connectivity index (χ1) is 12.8. The first-order valence-corrected chi connectivity index (χ1v) is 9.04. The molecule has 0 unspecified atom stereocenters. The van der Waals surface area contributed by atoms with Crippen molar-refractivity contribution in [2.24, 2.45) is 0 Å². The first-order valence-electron chi connectivity index (χ1n) is 9.04. The lowest BCUT2D eigenvalue weighted by Crippen LogP contribution is -2.46. The highest BCUT2D eigenvalue weighted by molar-refractivity contribution is 6.05. The van der Waals surface area contributed by atoms with Crippen molar-refractivity contribution in [2.45, 2.75) is 38.9 Å². The predicted molar refractivity (Wildman–Crippen MR) is 109 cm³/mol. The molecule has 1 aliphatic rings. The molecule has 0 saturated carbocycles. The first kappa shape index (κ1) is 18.9. The van der Waals surface area contributed by atoms with E-state index in [1.165, 1.54) is 0 Å². The number of hydrogen-bond donors (Lipinski definition) is 3. The van der Waals surface area contributed by atoms with Crippen LogP contribution in [0.4, 0.5) is 0 Å². The molecule has 2 heterocycles. The van der Waals surface area contributed by atoms with E-state index in [4.69, 9.17) is 0 Å². The van der Waals surface area contributed by atoms with Crippen molar-refractivity contribution in [1.29, 1.82) is 0 Å². The number of nitrogens with one attached hydrogen (secondary N) is 3. The number of allylic oxidation sites excluding steroid dienone is 1. The third kappa shape index (κ3) is 4.63. The second-order valence-corrected chi connectivity index (χ2v) is 7.75. The van der Waals surface area contributed by atoms with Crippen LogP contribution < -0.4 is 10.6 Å². The molecule has 27 heavy (non-hydrogen) atoms. The van der Waals surface area contributed by atoms with Gasteiger partial charge in [-0.3, -0.25) is 15.2 Å². The fourth-order valence-electron chi connectivity index (χ4n) is 3.29. The van der Waals surface area contributed by atoms with Crippen molar-refractivity contribution in [3.8, 4) is 0 Å². The third-order valence-electron chi connectivity index (χ3n) is 4.43. The van der Waals surface area contributed by atoms with E-state index >= 15 is 0 Å². The van der Waals surface area contributed by atoms with Crippen molar-refractivity contribution in [2.75, 3.05) is 0 Å². The average molecular weight is 362 g/mol. The maximum absolute atomic E-state index is 12.2. The Morgan fingerprint density at radius 2 is 1.63 bits per heavy atom. The lowest BCUT2D eigenvalue weighted by molar-refractivity contribution is 0.104. The number of para-hydroxylation sites is 1. The minimum atomic E-state index is -0.214. The van der Waals surface area contributed by atoms with E-state index in [-0.39, 0.29) is 17.0 Å². The number of nitrogens with zero attached hydrogens (tertiary/aromatic N) is 1. The Balaban J connectivity index is 0.000000193. The largest absolute Gasteiger partial charge is 0.369 e. The number of aromatic nitrogens is 2. The lowest BCUT2D eigenvalue weighted by atomic mass is 10.00. The lowest BCUT2D eigenvalue weighted by Gasteiger charge is -2.22. The SMILES string of the molecule is CC1(C)NC(=CC(=O)c2ccccc2)C(C)(C)N1.c1ccc2[nH]ncc2c1. The number of ketones is 1. The molecular formula is C22H26N4O. The van der Waals surface area contributed by atoms with Gasteiger partial charge in [0, 0.05) is 22.7 Å². The fraction of sp³-hybridized carbons (Fsp3) is 0.273. The highest BCUT2D eigenvalue weighted by atomic mass is 16.1. The van der Waals surface area contributed by atoms with Crippen LogP contribution in [0.1, 0.15) is 38.1 Å². The zero-order chi connectivity index (χ0) is 19.5. The van der Waals surface area contributed by atoms with Crippen LogP contribution in [0.25, 0.3) is 10.9 Å². The van der Waals surface area contributed by atoms with Gasteiger partial charge < -0.3 is 5.32 Å². The van der Waals surface area contributed by atoms with Crippen LogP contribution in [0.2, 0.25) is 0 Å². The van der Waals surface area contributed by atoms with Gasteiger partial charge in [0.1, 0.15) is 0 Å². The van der Waals surface area contributed by atoms with Gasteiger partial charge in [-0.05, 0) is 33.8 Å². The van der Waals surface area contributed by atoms with E-state index in [0.717, 1.165) is 16.6 Å². The molecule has 1 saturated heterocycles. The summed E-state index contributed by atoms with van der Waals surface area (Å²) in [5, 5.41) is 14.7. The molecule has 0 aliphatic carbocycles. The predicted octanol–water partition coefficient (Wildman–Crippen LogP) is 4.02. The third-order valence-corrected chi connectivity index (χ3v) is 4.43. The summed E-state index contributed by atoms with van der Waals surface area (Å²) in [5.41, 5.74) is 2.34. The van der Waals surface area contributed by atoms with E-state index < -0.39 is 0 Å². The van der Waals surface area contributed by atoms with E-state index in [1.807, 2.05) is 60.8 Å². The van der Waals surface area contributed by atoms with Crippen molar-refractivity contribution >= 4 is 16.7 Å². The number of hydrogen-bond acceptors (Lipinski definition) is 4. The Bertz CT molecular complexity index is 924. The van der Waals surface area contributed by atoms with Crippen LogP contribution in [-0.4, -0.2) is 27.2 Å². The zero-order valence-electron chi connectivity index (χ0n) is 16.2. The molecule has 0 amide bonds. The summed E-state index contributed by atoms with van der Waals surface area (Å²) >= 11 is 0. The van der Waals surface area contributed by atoms with Gasteiger partial charge in [0.05, 0.1) is 22.9 Å². The summed E-state index contributed by atoms with van der Waals surface area (Å²) in [4.78, 5) is 12.2. The zero-order valence-corrected chi connectivity index (χ0v) is 16.2. The summed E-state index contributed by atoms with van der Waals surface area (Å²) in [6.07, 6.45) is 3.51. The Hall–Kier alpha value is -2.92. The number of H-pyrrole nitrogens is 1. The Kier molecular flexibility index (Phi) is 5.15. The Labute approximate surface area is 159 Å². The number of rotatable bonds is 2. The number of carbonyl (C=O) groups is 1. The van der Waals surface area contributed by atoms with E-state index in [9.17, 15) is 4.79 Å². The number of carbonyl (C=O) groups excluding carboxylic acids is 1. The van der Waals surface area contributed by atoms with Crippen LogP contribution in [-0.2, 0) is 0 Å². The summed E-state index contributed by atoms with van der Waals surface area (Å²) in [6, 6.07) is 17.3. The molecule has 140 valence electrons. The van der Waals surface area contributed by atoms with Crippen LogP contribution in [0, 0.1) is 0 Å². The number of aromatic amines is 1.